The number of halogens is 1. The Bertz CT molecular complexity index is 876. The standard InChI is InChI=1S/C22H23ClN2O3/c1-15(2)28-14-6-13-25-21(26)19(16-9-11-17(23)12-10-16)20(22(25)27)24-18-7-4-3-5-8-18/h3-5,7-12,15,24H,6,13-14H2,1-2H3. The van der Waals surface area contributed by atoms with Gasteiger partial charge in [0.25, 0.3) is 11.8 Å². The van der Waals surface area contributed by atoms with E-state index < -0.39 is 0 Å². The molecule has 0 saturated heterocycles. The minimum absolute atomic E-state index is 0.114. The Morgan fingerprint density at radius 3 is 2.32 bits per heavy atom. The van der Waals surface area contributed by atoms with Crippen molar-refractivity contribution >= 4 is 34.7 Å². The maximum atomic E-state index is 13.1. The van der Waals surface area contributed by atoms with E-state index in [-0.39, 0.29) is 23.6 Å². The summed E-state index contributed by atoms with van der Waals surface area (Å²) >= 11 is 5.98. The molecule has 0 bridgehead atoms. The summed E-state index contributed by atoms with van der Waals surface area (Å²) in [6.07, 6.45) is 0.699. The largest absolute Gasteiger partial charge is 0.379 e. The molecule has 0 atom stereocenters. The van der Waals surface area contributed by atoms with E-state index in [0.29, 0.717) is 35.7 Å². The summed E-state index contributed by atoms with van der Waals surface area (Å²) in [4.78, 5) is 27.4. The maximum Gasteiger partial charge on any atom is 0.278 e. The quantitative estimate of drug-likeness (QED) is 0.530. The Labute approximate surface area is 169 Å². The Balaban J connectivity index is 1.88. The van der Waals surface area contributed by atoms with E-state index >= 15 is 0 Å². The van der Waals surface area contributed by atoms with Gasteiger partial charge in [-0.2, -0.15) is 0 Å². The summed E-state index contributed by atoms with van der Waals surface area (Å²) in [5.41, 5.74) is 2.04. The first-order valence-corrected chi connectivity index (χ1v) is 9.65. The van der Waals surface area contributed by atoms with Crippen molar-refractivity contribution in [2.24, 2.45) is 0 Å². The minimum atomic E-state index is -0.330. The fraction of sp³-hybridized carbons (Fsp3) is 0.273. The summed E-state index contributed by atoms with van der Waals surface area (Å²) in [7, 11) is 0. The molecular weight excluding hydrogens is 376 g/mol. The molecule has 1 N–H and O–H groups in total. The fourth-order valence-corrected chi connectivity index (χ4v) is 3.11. The van der Waals surface area contributed by atoms with Gasteiger partial charge in [0.15, 0.2) is 0 Å². The average Bonchev–Trinajstić information content (AvgIpc) is 2.90. The second kappa shape index (κ2) is 9.04. The van der Waals surface area contributed by atoms with E-state index in [1.165, 1.54) is 4.90 Å². The highest BCUT2D eigenvalue weighted by molar-refractivity contribution is 6.36. The third-order valence-electron chi connectivity index (χ3n) is 4.32. The Kier molecular flexibility index (Phi) is 6.49. The highest BCUT2D eigenvalue weighted by atomic mass is 35.5. The molecule has 2 aromatic carbocycles. The molecule has 146 valence electrons. The van der Waals surface area contributed by atoms with E-state index in [0.717, 1.165) is 5.69 Å². The molecule has 0 fully saturated rings. The number of nitrogens with one attached hydrogen (secondary N) is 1. The lowest BCUT2D eigenvalue weighted by Crippen LogP contribution is -2.34. The van der Waals surface area contributed by atoms with E-state index in [4.69, 9.17) is 16.3 Å². The van der Waals surface area contributed by atoms with E-state index in [2.05, 4.69) is 5.32 Å². The van der Waals surface area contributed by atoms with Gasteiger partial charge in [-0.25, -0.2) is 0 Å². The second-order valence-corrected chi connectivity index (χ2v) is 7.22. The molecule has 2 amide bonds. The molecule has 5 nitrogen and oxygen atoms in total. The lowest BCUT2D eigenvalue weighted by atomic mass is 10.0. The summed E-state index contributed by atoms with van der Waals surface area (Å²) in [6.45, 7) is 4.70. The molecule has 28 heavy (non-hydrogen) atoms. The number of hydrogen-bond acceptors (Lipinski definition) is 4. The van der Waals surface area contributed by atoms with Gasteiger partial charge in [0, 0.05) is 23.9 Å². The molecule has 1 aliphatic heterocycles. The number of ether oxygens (including phenoxy) is 1. The smallest absolute Gasteiger partial charge is 0.278 e. The molecule has 3 rings (SSSR count). The summed E-state index contributed by atoms with van der Waals surface area (Å²) in [5, 5.41) is 3.70. The molecule has 0 saturated carbocycles. The zero-order valence-electron chi connectivity index (χ0n) is 15.9. The predicted molar refractivity (Wildman–Crippen MR) is 111 cm³/mol. The maximum absolute atomic E-state index is 13.1. The first kappa shape index (κ1) is 20.1. The SMILES string of the molecule is CC(C)OCCCN1C(=O)C(Nc2ccccc2)=C(c2ccc(Cl)cc2)C1=O. The lowest BCUT2D eigenvalue weighted by molar-refractivity contribution is -0.137. The topological polar surface area (TPSA) is 58.6 Å². The zero-order valence-corrected chi connectivity index (χ0v) is 16.7. The Morgan fingerprint density at radius 2 is 1.68 bits per heavy atom. The number of carbonyl (C=O) groups excluding carboxylic acids is 2. The molecule has 0 aliphatic carbocycles. The van der Waals surface area contributed by atoms with Crippen LogP contribution in [0.2, 0.25) is 5.02 Å². The van der Waals surface area contributed by atoms with Crippen LogP contribution in [0.3, 0.4) is 0 Å². The molecule has 1 heterocycles. The van der Waals surface area contributed by atoms with Gasteiger partial charge >= 0.3 is 0 Å². The van der Waals surface area contributed by atoms with Gasteiger partial charge in [-0.05, 0) is 50.1 Å². The van der Waals surface area contributed by atoms with Crippen molar-refractivity contribution in [3.05, 3.63) is 70.9 Å². The van der Waals surface area contributed by atoms with Gasteiger partial charge in [-0.3, -0.25) is 14.5 Å². The van der Waals surface area contributed by atoms with Gasteiger partial charge in [0.05, 0.1) is 11.7 Å². The van der Waals surface area contributed by atoms with Crippen molar-refractivity contribution in [3.8, 4) is 0 Å². The van der Waals surface area contributed by atoms with Gasteiger partial charge in [-0.1, -0.05) is 41.9 Å². The van der Waals surface area contributed by atoms with E-state index in [1.807, 2.05) is 44.2 Å². The van der Waals surface area contributed by atoms with Crippen LogP contribution in [0.15, 0.2) is 60.3 Å². The monoisotopic (exact) mass is 398 g/mol. The van der Waals surface area contributed by atoms with Crippen LogP contribution in [0.1, 0.15) is 25.8 Å². The van der Waals surface area contributed by atoms with E-state index in [1.54, 1.807) is 24.3 Å². The second-order valence-electron chi connectivity index (χ2n) is 6.78. The number of imide groups is 1. The highest BCUT2D eigenvalue weighted by Gasteiger charge is 2.38. The number of nitrogens with zero attached hydrogens (tertiary/aromatic N) is 1. The van der Waals surface area contributed by atoms with Gasteiger partial charge in [-0.15, -0.1) is 0 Å². The van der Waals surface area contributed by atoms with Crippen molar-refractivity contribution in [3.63, 3.8) is 0 Å². The number of hydrogen-bond donors (Lipinski definition) is 1. The molecule has 6 heteroatoms. The van der Waals surface area contributed by atoms with Gasteiger partial charge in [0.1, 0.15) is 5.70 Å². The van der Waals surface area contributed by atoms with E-state index in [9.17, 15) is 9.59 Å². The molecule has 1 aliphatic rings. The summed E-state index contributed by atoms with van der Waals surface area (Å²) in [6, 6.07) is 16.2. The van der Waals surface area contributed by atoms with Crippen LogP contribution in [0.4, 0.5) is 5.69 Å². The first-order chi connectivity index (χ1) is 13.5. The first-order valence-electron chi connectivity index (χ1n) is 9.27. The number of benzene rings is 2. The van der Waals surface area contributed by atoms with Gasteiger partial charge in [0.2, 0.25) is 0 Å². The highest BCUT2D eigenvalue weighted by Crippen LogP contribution is 2.31. The molecule has 0 spiro atoms. The van der Waals surface area contributed by atoms with Crippen LogP contribution in [0, 0.1) is 0 Å². The van der Waals surface area contributed by atoms with Crippen LogP contribution in [0.5, 0.6) is 0 Å². The lowest BCUT2D eigenvalue weighted by Gasteiger charge is -2.16. The molecular formula is C22H23ClN2O3. The van der Waals surface area contributed by atoms with Crippen LogP contribution < -0.4 is 5.32 Å². The van der Waals surface area contributed by atoms with Crippen LogP contribution in [0.25, 0.3) is 5.57 Å². The summed E-state index contributed by atoms with van der Waals surface area (Å²) < 4.78 is 5.53. The number of para-hydroxylation sites is 1. The van der Waals surface area contributed by atoms with Crippen LogP contribution in [-0.2, 0) is 14.3 Å². The third kappa shape index (κ3) is 4.61. The van der Waals surface area contributed by atoms with Crippen molar-refractivity contribution in [2.75, 3.05) is 18.5 Å². The number of carbonyl (C=O) groups is 2. The molecule has 0 radical (unpaired) electrons. The summed E-state index contributed by atoms with van der Waals surface area (Å²) in [5.74, 6) is -0.640. The van der Waals surface area contributed by atoms with Crippen molar-refractivity contribution in [1.82, 2.24) is 4.90 Å². The number of amides is 2. The predicted octanol–water partition coefficient (Wildman–Crippen LogP) is 4.35. The zero-order chi connectivity index (χ0) is 20.1. The van der Waals surface area contributed by atoms with Crippen molar-refractivity contribution < 1.29 is 14.3 Å². The Morgan fingerprint density at radius 1 is 1.00 bits per heavy atom. The number of anilines is 1. The molecule has 2 aromatic rings. The third-order valence-corrected chi connectivity index (χ3v) is 4.57. The van der Waals surface area contributed by atoms with Crippen LogP contribution in [-0.4, -0.2) is 36.0 Å². The van der Waals surface area contributed by atoms with Crippen molar-refractivity contribution in [2.45, 2.75) is 26.4 Å². The fourth-order valence-electron chi connectivity index (χ4n) is 2.99. The minimum Gasteiger partial charge on any atom is -0.379 e. The van der Waals surface area contributed by atoms with Gasteiger partial charge < -0.3 is 10.1 Å². The molecule has 0 unspecified atom stereocenters. The number of rotatable bonds is 8. The average molecular weight is 399 g/mol. The molecule has 0 aromatic heterocycles. The van der Waals surface area contributed by atoms with Crippen molar-refractivity contribution in [1.29, 1.82) is 0 Å². The van der Waals surface area contributed by atoms with Crippen LogP contribution >= 0.6 is 11.6 Å². The normalized spacial score (nSPS) is 14.4. The Hall–Kier alpha value is -2.63.